The Bertz CT molecular complexity index is 1250. The highest BCUT2D eigenvalue weighted by Gasteiger charge is 2.44. The van der Waals surface area contributed by atoms with Gasteiger partial charge in [-0.3, -0.25) is 9.59 Å². The Hall–Kier alpha value is -3.91. The van der Waals surface area contributed by atoms with Crippen molar-refractivity contribution in [3.05, 3.63) is 83.2 Å². The summed E-state index contributed by atoms with van der Waals surface area (Å²) in [5, 5.41) is 18.1. The van der Waals surface area contributed by atoms with E-state index in [-0.39, 0.29) is 5.57 Å². The highest BCUT2D eigenvalue weighted by Crippen LogP contribution is 2.39. The first-order chi connectivity index (χ1) is 16.3. The molecule has 1 aromatic heterocycles. The number of carbonyl (C=O) groups is 2. The first kappa shape index (κ1) is 23.3. The number of likely N-dealkylation sites (tertiary alicyclic amines) is 1. The van der Waals surface area contributed by atoms with Crippen LogP contribution in [0.2, 0.25) is 0 Å². The Balaban J connectivity index is 1.86. The van der Waals surface area contributed by atoms with Gasteiger partial charge in [-0.2, -0.15) is 5.10 Å². The van der Waals surface area contributed by atoms with Crippen LogP contribution in [0.1, 0.15) is 22.9 Å². The molecule has 0 saturated carbocycles. The number of aromatic nitrogens is 2. The number of nitrogens with zero attached hydrogens (tertiary/aromatic N) is 3. The highest BCUT2D eigenvalue weighted by molar-refractivity contribution is 6.46. The number of para-hydroxylation sites is 1. The minimum absolute atomic E-state index is 0.0530. The molecule has 8 heteroatoms. The minimum atomic E-state index is -0.790. The molecule has 2 aromatic carbocycles. The molecule has 1 aliphatic heterocycles. The SMILES string of the molecule is COc1cccc(C2/C(=C(\[O-])c3cnn(-c4ccccc4)c3C)C(=O)C(=O)N2CC[NH+](C)C)c1. The molecule has 1 N–H and O–H groups in total. The number of carbonyl (C=O) groups excluding carboxylic acids is 2. The number of methoxy groups -OCH3 is 1. The molecular formula is C26H28N4O4. The van der Waals surface area contributed by atoms with Gasteiger partial charge < -0.3 is 19.6 Å². The molecule has 176 valence electrons. The van der Waals surface area contributed by atoms with E-state index in [0.717, 1.165) is 10.6 Å². The Labute approximate surface area is 198 Å². The van der Waals surface area contributed by atoms with Crippen molar-refractivity contribution in [2.75, 3.05) is 34.3 Å². The molecule has 4 rings (SSSR count). The van der Waals surface area contributed by atoms with Crippen molar-refractivity contribution in [3.8, 4) is 11.4 Å². The summed E-state index contributed by atoms with van der Waals surface area (Å²) in [4.78, 5) is 28.9. The van der Waals surface area contributed by atoms with Crippen LogP contribution >= 0.6 is 0 Å². The van der Waals surface area contributed by atoms with Gasteiger partial charge in [0, 0.05) is 16.8 Å². The normalized spacial score (nSPS) is 17.6. The zero-order chi connectivity index (χ0) is 24.4. The van der Waals surface area contributed by atoms with Crippen LogP contribution < -0.4 is 14.7 Å². The second-order valence-corrected chi connectivity index (χ2v) is 8.60. The maximum Gasteiger partial charge on any atom is 0.295 e. The molecule has 34 heavy (non-hydrogen) atoms. The number of hydrogen-bond acceptors (Lipinski definition) is 5. The number of hydrogen-bond donors (Lipinski definition) is 1. The van der Waals surface area contributed by atoms with Crippen LogP contribution in [0.3, 0.4) is 0 Å². The topological polar surface area (TPSA) is 91.9 Å². The van der Waals surface area contributed by atoms with Crippen LogP contribution in [-0.2, 0) is 9.59 Å². The number of ether oxygens (including phenoxy) is 1. The Morgan fingerprint density at radius 2 is 1.85 bits per heavy atom. The van der Waals surface area contributed by atoms with Gasteiger partial charge in [-0.25, -0.2) is 4.68 Å². The number of likely N-dealkylation sites (N-methyl/N-ethyl adjacent to an activating group) is 1. The lowest BCUT2D eigenvalue weighted by atomic mass is 9.95. The summed E-state index contributed by atoms with van der Waals surface area (Å²) in [6.45, 7) is 2.75. The Morgan fingerprint density at radius 3 is 2.53 bits per heavy atom. The summed E-state index contributed by atoms with van der Waals surface area (Å²) in [6.07, 6.45) is 1.46. The van der Waals surface area contributed by atoms with E-state index in [0.29, 0.717) is 35.7 Å². The van der Waals surface area contributed by atoms with Crippen molar-refractivity contribution in [2.45, 2.75) is 13.0 Å². The van der Waals surface area contributed by atoms with E-state index in [1.807, 2.05) is 50.5 Å². The molecule has 1 fully saturated rings. The highest BCUT2D eigenvalue weighted by atomic mass is 16.5. The summed E-state index contributed by atoms with van der Waals surface area (Å²) >= 11 is 0. The molecule has 0 radical (unpaired) electrons. The second-order valence-electron chi connectivity index (χ2n) is 8.60. The number of benzene rings is 2. The Kier molecular flexibility index (Phi) is 6.51. The van der Waals surface area contributed by atoms with Gasteiger partial charge in [-0.05, 0) is 36.8 Å². The number of amides is 1. The maximum absolute atomic E-state index is 13.8. The lowest BCUT2D eigenvalue weighted by Gasteiger charge is -2.27. The number of rotatable bonds is 7. The van der Waals surface area contributed by atoms with Gasteiger partial charge in [0.25, 0.3) is 5.91 Å². The predicted molar refractivity (Wildman–Crippen MR) is 125 cm³/mol. The summed E-state index contributed by atoms with van der Waals surface area (Å²) in [5.41, 5.74) is 2.31. The zero-order valence-corrected chi connectivity index (χ0v) is 19.7. The smallest absolute Gasteiger partial charge is 0.295 e. The van der Waals surface area contributed by atoms with E-state index in [9.17, 15) is 14.7 Å². The fourth-order valence-corrected chi connectivity index (χ4v) is 4.21. The fourth-order valence-electron chi connectivity index (χ4n) is 4.21. The van der Waals surface area contributed by atoms with Gasteiger partial charge in [-0.15, -0.1) is 0 Å². The van der Waals surface area contributed by atoms with Gasteiger partial charge in [0.1, 0.15) is 5.75 Å². The van der Waals surface area contributed by atoms with Gasteiger partial charge in [0.05, 0.1) is 52.2 Å². The van der Waals surface area contributed by atoms with Crippen molar-refractivity contribution >= 4 is 17.4 Å². The van der Waals surface area contributed by atoms with Crippen LogP contribution in [0.25, 0.3) is 11.4 Å². The van der Waals surface area contributed by atoms with Gasteiger partial charge in [-0.1, -0.05) is 36.1 Å². The van der Waals surface area contributed by atoms with E-state index < -0.39 is 23.5 Å². The van der Waals surface area contributed by atoms with Crippen molar-refractivity contribution in [1.82, 2.24) is 14.7 Å². The molecule has 1 saturated heterocycles. The lowest BCUT2D eigenvalue weighted by Crippen LogP contribution is -3.06. The van der Waals surface area contributed by atoms with Crippen LogP contribution in [0, 0.1) is 6.92 Å². The number of quaternary nitrogens is 1. The monoisotopic (exact) mass is 460 g/mol. The van der Waals surface area contributed by atoms with Gasteiger partial charge in [0.15, 0.2) is 0 Å². The molecule has 1 unspecified atom stereocenters. The molecule has 1 amide bonds. The molecule has 0 spiro atoms. The van der Waals surface area contributed by atoms with Crippen molar-refractivity contribution < 1.29 is 24.3 Å². The molecule has 1 atom stereocenters. The van der Waals surface area contributed by atoms with Crippen LogP contribution in [0.4, 0.5) is 0 Å². The maximum atomic E-state index is 13.8. The summed E-state index contributed by atoms with van der Waals surface area (Å²) in [7, 11) is 5.49. The van der Waals surface area contributed by atoms with E-state index >= 15 is 0 Å². The van der Waals surface area contributed by atoms with Crippen molar-refractivity contribution in [1.29, 1.82) is 0 Å². The van der Waals surface area contributed by atoms with Gasteiger partial charge in [0.2, 0.25) is 5.78 Å². The second kappa shape index (κ2) is 9.52. The third kappa shape index (κ3) is 4.20. The lowest BCUT2D eigenvalue weighted by molar-refractivity contribution is -0.857. The summed E-state index contributed by atoms with van der Waals surface area (Å²) in [5.74, 6) is -1.32. The first-order valence-electron chi connectivity index (χ1n) is 11.1. The van der Waals surface area contributed by atoms with Crippen LogP contribution in [-0.4, -0.2) is 60.7 Å². The molecule has 0 bridgehead atoms. The average Bonchev–Trinajstić information content (AvgIpc) is 3.35. The predicted octanol–water partition coefficient (Wildman–Crippen LogP) is 0.558. The van der Waals surface area contributed by atoms with Crippen LogP contribution in [0.5, 0.6) is 5.75 Å². The van der Waals surface area contributed by atoms with E-state index in [1.165, 1.54) is 11.1 Å². The molecule has 8 nitrogen and oxygen atoms in total. The van der Waals surface area contributed by atoms with E-state index in [1.54, 1.807) is 36.9 Å². The molecular weight excluding hydrogens is 432 g/mol. The van der Waals surface area contributed by atoms with Crippen molar-refractivity contribution in [3.63, 3.8) is 0 Å². The molecule has 0 aliphatic carbocycles. The zero-order valence-electron chi connectivity index (χ0n) is 19.7. The molecule has 1 aliphatic rings. The molecule has 3 aromatic rings. The average molecular weight is 461 g/mol. The van der Waals surface area contributed by atoms with Gasteiger partial charge >= 0.3 is 0 Å². The summed E-state index contributed by atoms with van der Waals surface area (Å²) < 4.78 is 7.01. The third-order valence-electron chi connectivity index (χ3n) is 6.05. The fraction of sp³-hybridized carbons (Fsp3) is 0.269. The largest absolute Gasteiger partial charge is 0.872 e. The number of Topliss-reactive ketones (excluding diaryl/α,β-unsaturated/α-hetero) is 1. The van der Waals surface area contributed by atoms with E-state index in [4.69, 9.17) is 4.74 Å². The van der Waals surface area contributed by atoms with E-state index in [2.05, 4.69) is 5.10 Å². The third-order valence-corrected chi connectivity index (χ3v) is 6.05. The standard InChI is InChI=1S/C26H28N4O4/c1-17-21(16-27-30(17)19-10-6-5-7-11-19)24(31)22-23(18-9-8-12-20(15-18)34-4)29(14-13-28(2)3)26(33)25(22)32/h5-12,15-16,23,31H,13-14H2,1-4H3/b24-22+. The van der Waals surface area contributed by atoms with Crippen LogP contribution in [0.15, 0.2) is 66.4 Å². The number of nitrogens with one attached hydrogen (secondary N) is 1. The first-order valence-corrected chi connectivity index (χ1v) is 11.1. The summed E-state index contributed by atoms with van der Waals surface area (Å²) in [6, 6.07) is 15.8. The van der Waals surface area contributed by atoms with Crippen molar-refractivity contribution in [2.24, 2.45) is 0 Å². The number of ketones is 1. The quantitative estimate of drug-likeness (QED) is 0.316. The Morgan fingerprint density at radius 1 is 1.12 bits per heavy atom. The minimum Gasteiger partial charge on any atom is -0.872 e. The molecule has 2 heterocycles.